The SMILES string of the molecule is OCc1ccc(CSc2nnc(NC3CC3)s2)cc1. The lowest BCUT2D eigenvalue weighted by Gasteiger charge is -2.00. The van der Waals surface area contributed by atoms with Crippen molar-refractivity contribution in [2.75, 3.05) is 5.32 Å². The minimum absolute atomic E-state index is 0.0972. The Morgan fingerprint density at radius 1 is 1.21 bits per heavy atom. The number of anilines is 1. The first-order valence-electron chi connectivity index (χ1n) is 6.25. The molecule has 1 saturated carbocycles. The number of aliphatic hydroxyl groups excluding tert-OH is 1. The molecule has 19 heavy (non-hydrogen) atoms. The van der Waals surface area contributed by atoms with Gasteiger partial charge >= 0.3 is 0 Å². The molecule has 0 atom stereocenters. The van der Waals surface area contributed by atoms with Gasteiger partial charge < -0.3 is 10.4 Å². The van der Waals surface area contributed by atoms with Crippen molar-refractivity contribution in [3.63, 3.8) is 0 Å². The summed E-state index contributed by atoms with van der Waals surface area (Å²) in [6.45, 7) is 0.0972. The van der Waals surface area contributed by atoms with E-state index in [9.17, 15) is 0 Å². The first kappa shape index (κ1) is 12.9. The first-order chi connectivity index (χ1) is 9.33. The van der Waals surface area contributed by atoms with Crippen LogP contribution in [0, 0.1) is 0 Å². The maximum absolute atomic E-state index is 8.99. The molecule has 0 unspecified atom stereocenters. The van der Waals surface area contributed by atoms with Gasteiger partial charge in [0.05, 0.1) is 6.61 Å². The molecule has 0 bridgehead atoms. The number of rotatable bonds is 6. The van der Waals surface area contributed by atoms with Crippen molar-refractivity contribution in [2.24, 2.45) is 0 Å². The Balaban J connectivity index is 1.53. The van der Waals surface area contributed by atoms with Gasteiger partial charge in [-0.1, -0.05) is 47.4 Å². The van der Waals surface area contributed by atoms with E-state index in [0.29, 0.717) is 6.04 Å². The van der Waals surface area contributed by atoms with E-state index in [2.05, 4.69) is 15.5 Å². The summed E-state index contributed by atoms with van der Waals surface area (Å²) in [5, 5.41) is 21.6. The third-order valence-electron chi connectivity index (χ3n) is 2.88. The average molecular weight is 293 g/mol. The summed E-state index contributed by atoms with van der Waals surface area (Å²) in [5.41, 5.74) is 2.18. The molecule has 1 aliphatic rings. The number of aliphatic hydroxyl groups is 1. The highest BCUT2D eigenvalue weighted by Crippen LogP contribution is 2.31. The van der Waals surface area contributed by atoms with Crippen molar-refractivity contribution < 1.29 is 5.11 Å². The second kappa shape index (κ2) is 5.90. The maximum Gasteiger partial charge on any atom is 0.206 e. The van der Waals surface area contributed by atoms with E-state index in [1.807, 2.05) is 24.3 Å². The number of nitrogens with one attached hydrogen (secondary N) is 1. The molecule has 2 aromatic rings. The van der Waals surface area contributed by atoms with Crippen LogP contribution in [-0.2, 0) is 12.4 Å². The second-order valence-corrected chi connectivity index (χ2v) is 6.76. The van der Waals surface area contributed by atoms with Gasteiger partial charge in [0, 0.05) is 11.8 Å². The van der Waals surface area contributed by atoms with Gasteiger partial charge in [0.2, 0.25) is 5.13 Å². The molecule has 1 aromatic carbocycles. The zero-order valence-corrected chi connectivity index (χ0v) is 12.0. The number of nitrogens with zero attached hydrogens (tertiary/aromatic N) is 2. The summed E-state index contributed by atoms with van der Waals surface area (Å²) in [4.78, 5) is 0. The standard InChI is InChI=1S/C13H15N3OS2/c17-7-9-1-3-10(4-2-9)8-18-13-16-15-12(19-13)14-11-5-6-11/h1-4,11,17H,5-8H2,(H,14,15). The summed E-state index contributed by atoms with van der Waals surface area (Å²) in [7, 11) is 0. The van der Waals surface area contributed by atoms with Crippen LogP contribution in [0.5, 0.6) is 0 Å². The fourth-order valence-electron chi connectivity index (χ4n) is 1.61. The van der Waals surface area contributed by atoms with Crippen molar-refractivity contribution in [1.82, 2.24) is 10.2 Å². The van der Waals surface area contributed by atoms with Gasteiger partial charge in [0.15, 0.2) is 4.34 Å². The van der Waals surface area contributed by atoms with Crippen LogP contribution >= 0.6 is 23.1 Å². The zero-order valence-electron chi connectivity index (χ0n) is 10.4. The van der Waals surface area contributed by atoms with E-state index in [1.165, 1.54) is 18.4 Å². The van der Waals surface area contributed by atoms with Crippen LogP contribution in [0.3, 0.4) is 0 Å². The van der Waals surface area contributed by atoms with Crippen molar-refractivity contribution in [3.05, 3.63) is 35.4 Å². The zero-order chi connectivity index (χ0) is 13.1. The van der Waals surface area contributed by atoms with Crippen molar-refractivity contribution in [3.8, 4) is 0 Å². The molecule has 0 radical (unpaired) electrons. The number of hydrogen-bond donors (Lipinski definition) is 2. The smallest absolute Gasteiger partial charge is 0.206 e. The van der Waals surface area contributed by atoms with Crippen LogP contribution in [-0.4, -0.2) is 21.3 Å². The van der Waals surface area contributed by atoms with Crippen LogP contribution in [0.15, 0.2) is 28.6 Å². The Hall–Kier alpha value is -1.11. The molecule has 0 amide bonds. The maximum atomic E-state index is 8.99. The summed E-state index contributed by atoms with van der Waals surface area (Å²) >= 11 is 3.32. The molecule has 0 aliphatic heterocycles. The fraction of sp³-hybridized carbons (Fsp3) is 0.385. The van der Waals surface area contributed by atoms with Gasteiger partial charge in [-0.25, -0.2) is 0 Å². The number of benzene rings is 1. The highest BCUT2D eigenvalue weighted by atomic mass is 32.2. The summed E-state index contributed by atoms with van der Waals surface area (Å²) < 4.78 is 0.995. The van der Waals surface area contributed by atoms with Crippen LogP contribution in [0.2, 0.25) is 0 Å². The van der Waals surface area contributed by atoms with Gasteiger partial charge in [-0.15, -0.1) is 10.2 Å². The summed E-state index contributed by atoms with van der Waals surface area (Å²) in [6, 6.07) is 8.62. The van der Waals surface area contributed by atoms with Crippen LogP contribution in [0.4, 0.5) is 5.13 Å². The third-order valence-corrected chi connectivity index (χ3v) is 4.94. The van der Waals surface area contributed by atoms with Gasteiger partial charge in [-0.05, 0) is 24.0 Å². The topological polar surface area (TPSA) is 58.0 Å². The molecule has 3 rings (SSSR count). The van der Waals surface area contributed by atoms with E-state index < -0.39 is 0 Å². The lowest BCUT2D eigenvalue weighted by Crippen LogP contribution is -1.99. The van der Waals surface area contributed by atoms with E-state index in [1.54, 1.807) is 23.1 Å². The molecule has 1 aliphatic carbocycles. The van der Waals surface area contributed by atoms with Gasteiger partial charge in [0.1, 0.15) is 0 Å². The van der Waals surface area contributed by atoms with Crippen LogP contribution in [0.25, 0.3) is 0 Å². The largest absolute Gasteiger partial charge is 0.392 e. The highest BCUT2D eigenvalue weighted by molar-refractivity contribution is 8.00. The van der Waals surface area contributed by atoms with Crippen molar-refractivity contribution >= 4 is 28.2 Å². The molecule has 0 spiro atoms. The highest BCUT2D eigenvalue weighted by Gasteiger charge is 2.22. The van der Waals surface area contributed by atoms with Crippen LogP contribution in [0.1, 0.15) is 24.0 Å². The van der Waals surface area contributed by atoms with E-state index in [4.69, 9.17) is 5.11 Å². The number of hydrogen-bond acceptors (Lipinski definition) is 6. The molecule has 1 fully saturated rings. The Bertz CT molecular complexity index is 537. The summed E-state index contributed by atoms with van der Waals surface area (Å²) in [5.74, 6) is 0.879. The molecule has 100 valence electrons. The fourth-order valence-corrected chi connectivity index (χ4v) is 3.40. The lowest BCUT2D eigenvalue weighted by molar-refractivity contribution is 0.282. The molecule has 0 saturated heterocycles. The number of thioether (sulfide) groups is 1. The molecular formula is C13H15N3OS2. The van der Waals surface area contributed by atoms with E-state index >= 15 is 0 Å². The van der Waals surface area contributed by atoms with Crippen molar-refractivity contribution in [2.45, 2.75) is 35.6 Å². The second-order valence-electron chi connectivity index (χ2n) is 4.56. The Kier molecular flexibility index (Phi) is 4.00. The molecule has 2 N–H and O–H groups in total. The van der Waals surface area contributed by atoms with Gasteiger partial charge in [-0.2, -0.15) is 0 Å². The molecule has 4 nitrogen and oxygen atoms in total. The Morgan fingerprint density at radius 2 is 1.95 bits per heavy atom. The van der Waals surface area contributed by atoms with Crippen LogP contribution < -0.4 is 5.32 Å². The normalized spacial score (nSPS) is 14.6. The predicted molar refractivity (Wildman–Crippen MR) is 78.5 cm³/mol. The van der Waals surface area contributed by atoms with Crippen molar-refractivity contribution in [1.29, 1.82) is 0 Å². The summed E-state index contributed by atoms with van der Waals surface area (Å²) in [6.07, 6.45) is 2.50. The molecule has 1 aromatic heterocycles. The Morgan fingerprint density at radius 3 is 2.63 bits per heavy atom. The van der Waals surface area contributed by atoms with Gasteiger partial charge in [-0.3, -0.25) is 0 Å². The molecule has 6 heteroatoms. The quantitative estimate of drug-likeness (QED) is 0.802. The minimum Gasteiger partial charge on any atom is -0.392 e. The monoisotopic (exact) mass is 293 g/mol. The van der Waals surface area contributed by atoms with E-state index in [-0.39, 0.29) is 6.61 Å². The third kappa shape index (κ3) is 3.68. The average Bonchev–Trinajstić information content (AvgIpc) is 3.14. The minimum atomic E-state index is 0.0972. The molecule has 1 heterocycles. The van der Waals surface area contributed by atoms with E-state index in [0.717, 1.165) is 20.8 Å². The Labute approximate surface area is 120 Å². The first-order valence-corrected chi connectivity index (χ1v) is 8.05. The predicted octanol–water partition coefficient (Wildman–Crippen LogP) is 2.90. The van der Waals surface area contributed by atoms with Gasteiger partial charge in [0.25, 0.3) is 0 Å². The molecular weight excluding hydrogens is 278 g/mol. The number of aromatic nitrogens is 2. The lowest BCUT2D eigenvalue weighted by atomic mass is 10.2.